The third-order valence-corrected chi connectivity index (χ3v) is 6.01. The number of hydrogen-bond acceptors (Lipinski definition) is 3. The molecule has 1 heterocycles. The fraction of sp³-hybridized carbons (Fsp3) is 0.435. The van der Waals surface area contributed by atoms with Crippen molar-refractivity contribution in [3.8, 4) is 5.75 Å². The molecule has 1 aliphatic heterocycles. The number of methoxy groups -OCH3 is 1. The second kappa shape index (κ2) is 9.69. The van der Waals surface area contributed by atoms with E-state index in [1.54, 1.807) is 7.11 Å². The van der Waals surface area contributed by atoms with Crippen LogP contribution in [0.15, 0.2) is 59.6 Å². The van der Waals surface area contributed by atoms with E-state index < -0.39 is 0 Å². The smallest absolute Gasteiger partial charge is 0.191 e. The van der Waals surface area contributed by atoms with Gasteiger partial charge in [-0.1, -0.05) is 42.5 Å². The second-order valence-electron chi connectivity index (χ2n) is 7.82. The van der Waals surface area contributed by atoms with Crippen molar-refractivity contribution in [2.24, 2.45) is 4.99 Å². The van der Waals surface area contributed by atoms with Crippen LogP contribution in [-0.2, 0) is 5.41 Å². The van der Waals surface area contributed by atoms with Gasteiger partial charge in [0.25, 0.3) is 0 Å². The Morgan fingerprint density at radius 2 is 1.86 bits per heavy atom. The fourth-order valence-electron chi connectivity index (χ4n) is 4.14. The van der Waals surface area contributed by atoms with E-state index in [0.717, 1.165) is 37.8 Å². The van der Waals surface area contributed by atoms with Crippen LogP contribution in [0.3, 0.4) is 0 Å². The summed E-state index contributed by atoms with van der Waals surface area (Å²) < 4.78 is 5.52. The monoisotopic (exact) mass is 506 g/mol. The molecular weight excluding hydrogens is 475 g/mol. The van der Waals surface area contributed by atoms with Gasteiger partial charge >= 0.3 is 0 Å². The van der Waals surface area contributed by atoms with Gasteiger partial charge in [0.05, 0.1) is 12.8 Å². The summed E-state index contributed by atoms with van der Waals surface area (Å²) in [6.07, 6.45) is 3.57. The van der Waals surface area contributed by atoms with Crippen LogP contribution in [0.5, 0.6) is 5.75 Å². The number of guanidine groups is 1. The number of ether oxygens (including phenoxy) is 1. The van der Waals surface area contributed by atoms with Gasteiger partial charge in [-0.05, 0) is 37.0 Å². The Balaban J connectivity index is 0.00000240. The number of aliphatic imine (C=N–C) groups is 1. The first-order valence-corrected chi connectivity index (χ1v) is 10.1. The average Bonchev–Trinajstić information content (AvgIpc) is 3.41. The van der Waals surface area contributed by atoms with E-state index in [9.17, 15) is 0 Å². The number of para-hydroxylation sites is 2. The van der Waals surface area contributed by atoms with Crippen LogP contribution >= 0.6 is 24.0 Å². The van der Waals surface area contributed by atoms with Crippen molar-refractivity contribution < 1.29 is 4.74 Å². The maximum absolute atomic E-state index is 5.52. The molecule has 1 saturated carbocycles. The Hall–Kier alpha value is -1.96. The average molecular weight is 506 g/mol. The highest BCUT2D eigenvalue weighted by Crippen LogP contribution is 2.47. The first-order valence-electron chi connectivity index (χ1n) is 10.1. The summed E-state index contributed by atoms with van der Waals surface area (Å²) in [6, 6.07) is 19.4. The van der Waals surface area contributed by atoms with E-state index in [1.165, 1.54) is 24.1 Å². The van der Waals surface area contributed by atoms with Gasteiger partial charge in [-0.25, -0.2) is 0 Å². The van der Waals surface area contributed by atoms with Crippen LogP contribution in [-0.4, -0.2) is 45.8 Å². The van der Waals surface area contributed by atoms with E-state index in [4.69, 9.17) is 4.74 Å². The molecule has 1 atom stereocenters. The first-order chi connectivity index (χ1) is 13.7. The summed E-state index contributed by atoms with van der Waals surface area (Å²) in [6.45, 7) is 2.90. The molecule has 0 spiro atoms. The number of nitrogens with one attached hydrogen (secondary N) is 2. The van der Waals surface area contributed by atoms with E-state index in [1.807, 2.05) is 19.2 Å². The van der Waals surface area contributed by atoms with Gasteiger partial charge in [0.2, 0.25) is 0 Å². The number of nitrogens with zero attached hydrogens (tertiary/aromatic N) is 2. The molecule has 0 bridgehead atoms. The Kier molecular flexibility index (Phi) is 7.27. The minimum atomic E-state index is 0. The summed E-state index contributed by atoms with van der Waals surface area (Å²) in [5.74, 6) is 1.83. The molecule has 2 fully saturated rings. The minimum absolute atomic E-state index is 0. The fourth-order valence-corrected chi connectivity index (χ4v) is 4.14. The number of rotatable bonds is 6. The highest BCUT2D eigenvalue weighted by atomic mass is 127. The van der Waals surface area contributed by atoms with Crippen LogP contribution in [0.2, 0.25) is 0 Å². The quantitative estimate of drug-likeness (QED) is 0.356. The Bertz CT molecular complexity index is 823. The highest BCUT2D eigenvalue weighted by molar-refractivity contribution is 14.0. The zero-order valence-electron chi connectivity index (χ0n) is 17.2. The topological polar surface area (TPSA) is 48.9 Å². The van der Waals surface area contributed by atoms with Crippen molar-refractivity contribution in [1.82, 2.24) is 10.6 Å². The molecule has 0 aromatic heterocycles. The lowest BCUT2D eigenvalue weighted by Gasteiger charge is -2.23. The molecule has 1 aliphatic carbocycles. The van der Waals surface area contributed by atoms with E-state index in [2.05, 4.69) is 63.0 Å². The molecule has 156 valence electrons. The normalized spacial score (nSPS) is 20.0. The predicted molar refractivity (Wildman–Crippen MR) is 131 cm³/mol. The molecule has 5 nitrogen and oxygen atoms in total. The van der Waals surface area contributed by atoms with Gasteiger partial charge < -0.3 is 20.3 Å². The predicted octanol–water partition coefficient (Wildman–Crippen LogP) is 3.79. The molecule has 6 heteroatoms. The van der Waals surface area contributed by atoms with Gasteiger partial charge in [0.1, 0.15) is 5.75 Å². The van der Waals surface area contributed by atoms with Gasteiger partial charge in [0.15, 0.2) is 5.96 Å². The minimum Gasteiger partial charge on any atom is -0.495 e. The van der Waals surface area contributed by atoms with Gasteiger partial charge in [-0.15, -0.1) is 24.0 Å². The van der Waals surface area contributed by atoms with Crippen LogP contribution in [0.4, 0.5) is 5.69 Å². The SMILES string of the molecule is CN=C(NCC1(c2ccccc2)CC1)NC1CCN(c2ccccc2OC)C1.I. The van der Waals surface area contributed by atoms with E-state index in [0.29, 0.717) is 6.04 Å². The first kappa shape index (κ1) is 21.7. The van der Waals surface area contributed by atoms with Crippen LogP contribution in [0.1, 0.15) is 24.8 Å². The van der Waals surface area contributed by atoms with Gasteiger partial charge in [-0.2, -0.15) is 0 Å². The number of benzene rings is 2. The standard InChI is InChI=1S/C23H30N4O.HI/c1-24-22(25-17-23(13-14-23)18-8-4-3-5-9-18)26-19-12-15-27(16-19)20-10-6-7-11-21(20)28-2;/h3-11,19H,12-17H2,1-2H3,(H2,24,25,26);1H. The summed E-state index contributed by atoms with van der Waals surface area (Å²) in [5.41, 5.74) is 2.87. The lowest BCUT2D eigenvalue weighted by atomic mass is 9.96. The summed E-state index contributed by atoms with van der Waals surface area (Å²) in [4.78, 5) is 6.84. The molecule has 29 heavy (non-hydrogen) atoms. The lowest BCUT2D eigenvalue weighted by molar-refractivity contribution is 0.415. The Morgan fingerprint density at radius 3 is 2.55 bits per heavy atom. The van der Waals surface area contributed by atoms with E-state index in [-0.39, 0.29) is 29.4 Å². The maximum Gasteiger partial charge on any atom is 0.191 e. The molecule has 0 amide bonds. The van der Waals surface area contributed by atoms with Crippen LogP contribution < -0.4 is 20.3 Å². The number of anilines is 1. The van der Waals surface area contributed by atoms with Crippen molar-refractivity contribution in [1.29, 1.82) is 0 Å². The third kappa shape index (κ3) is 4.97. The maximum atomic E-state index is 5.52. The Labute approximate surface area is 191 Å². The summed E-state index contributed by atoms with van der Waals surface area (Å²) in [5, 5.41) is 7.18. The van der Waals surface area contributed by atoms with Gasteiger partial charge in [-0.3, -0.25) is 4.99 Å². The zero-order chi connectivity index (χ0) is 19.4. The number of hydrogen-bond donors (Lipinski definition) is 2. The van der Waals surface area contributed by atoms with Crippen LogP contribution in [0, 0.1) is 0 Å². The molecule has 2 aromatic carbocycles. The van der Waals surface area contributed by atoms with Gasteiger partial charge in [0, 0.05) is 38.1 Å². The molecule has 0 radical (unpaired) electrons. The Morgan fingerprint density at radius 1 is 1.14 bits per heavy atom. The van der Waals surface area contributed by atoms with Crippen molar-refractivity contribution in [3.63, 3.8) is 0 Å². The largest absolute Gasteiger partial charge is 0.495 e. The second-order valence-corrected chi connectivity index (χ2v) is 7.82. The molecule has 2 aliphatic rings. The molecular formula is C23H31IN4O. The summed E-state index contributed by atoms with van der Waals surface area (Å²) >= 11 is 0. The zero-order valence-corrected chi connectivity index (χ0v) is 19.6. The van der Waals surface area contributed by atoms with Crippen molar-refractivity contribution in [3.05, 3.63) is 60.2 Å². The summed E-state index contributed by atoms with van der Waals surface area (Å²) in [7, 11) is 3.58. The van der Waals surface area contributed by atoms with E-state index >= 15 is 0 Å². The van der Waals surface area contributed by atoms with Crippen molar-refractivity contribution >= 4 is 35.6 Å². The molecule has 4 rings (SSSR count). The number of halogens is 1. The molecule has 2 N–H and O–H groups in total. The van der Waals surface area contributed by atoms with Crippen molar-refractivity contribution in [2.45, 2.75) is 30.7 Å². The highest BCUT2D eigenvalue weighted by Gasteiger charge is 2.44. The van der Waals surface area contributed by atoms with Crippen molar-refractivity contribution in [2.75, 3.05) is 38.7 Å². The molecule has 1 unspecified atom stereocenters. The molecule has 1 saturated heterocycles. The molecule has 2 aromatic rings. The van der Waals surface area contributed by atoms with Crippen LogP contribution in [0.25, 0.3) is 0 Å². The third-order valence-electron chi connectivity index (χ3n) is 6.01. The lowest BCUT2D eigenvalue weighted by Crippen LogP contribution is -2.46.